The summed E-state index contributed by atoms with van der Waals surface area (Å²) in [6, 6.07) is 4.29. The average molecular weight is 285 g/mol. The smallest absolute Gasteiger partial charge is 0.312 e. The Bertz CT molecular complexity index is 516. The van der Waals surface area contributed by atoms with Crippen LogP contribution in [0.2, 0.25) is 5.02 Å². The highest BCUT2D eigenvalue weighted by Crippen LogP contribution is 2.30. The van der Waals surface area contributed by atoms with Gasteiger partial charge in [-0.2, -0.15) is 0 Å². The van der Waals surface area contributed by atoms with E-state index in [4.69, 9.17) is 16.3 Å². The van der Waals surface area contributed by atoms with Crippen LogP contribution in [-0.2, 0) is 4.79 Å². The zero-order valence-electron chi connectivity index (χ0n) is 10.3. The van der Waals surface area contributed by atoms with Gasteiger partial charge in [-0.1, -0.05) is 11.6 Å². The van der Waals surface area contributed by atoms with Crippen LogP contribution in [0.25, 0.3) is 0 Å². The molecule has 0 bridgehead atoms. The largest absolute Gasteiger partial charge is 0.474 e. The number of ether oxygens (including phenoxy) is 1. The Morgan fingerprint density at radius 1 is 1.58 bits per heavy atom. The number of nitro benzene ring substituents is 1. The summed E-state index contributed by atoms with van der Waals surface area (Å²) >= 11 is 5.70. The number of halogens is 1. The van der Waals surface area contributed by atoms with Crippen molar-refractivity contribution in [3.8, 4) is 5.75 Å². The predicted octanol–water partition coefficient (Wildman–Crippen LogP) is 2.29. The molecule has 1 atom stereocenters. The van der Waals surface area contributed by atoms with E-state index in [1.807, 2.05) is 0 Å². The summed E-state index contributed by atoms with van der Waals surface area (Å²) in [5, 5.41) is 13.9. The number of nitro groups is 1. The molecule has 0 saturated heterocycles. The molecule has 1 saturated carbocycles. The Kier molecular flexibility index (Phi) is 3.90. The van der Waals surface area contributed by atoms with E-state index >= 15 is 0 Å². The second-order valence-electron chi connectivity index (χ2n) is 4.41. The summed E-state index contributed by atoms with van der Waals surface area (Å²) in [7, 11) is 0. The highest BCUT2D eigenvalue weighted by molar-refractivity contribution is 6.30. The average Bonchev–Trinajstić information content (AvgIpc) is 3.14. The molecule has 0 spiro atoms. The van der Waals surface area contributed by atoms with Crippen molar-refractivity contribution in [3.05, 3.63) is 33.3 Å². The third kappa shape index (κ3) is 3.57. The maximum Gasteiger partial charge on any atom is 0.312 e. The lowest BCUT2D eigenvalue weighted by Gasteiger charge is -2.14. The van der Waals surface area contributed by atoms with Gasteiger partial charge in [0.2, 0.25) is 0 Å². The van der Waals surface area contributed by atoms with Gasteiger partial charge < -0.3 is 10.1 Å². The standard InChI is InChI=1S/C12H13ClN2O4/c1-7(12(16)14-9-3-4-9)19-11-5-2-8(13)6-10(11)15(17)18/h2,5-7,9H,3-4H2,1H3,(H,14,16)/t7-/m1/s1. The van der Waals surface area contributed by atoms with Gasteiger partial charge in [-0.3, -0.25) is 14.9 Å². The topological polar surface area (TPSA) is 81.5 Å². The van der Waals surface area contributed by atoms with Gasteiger partial charge in [0.15, 0.2) is 11.9 Å². The molecule has 0 radical (unpaired) electrons. The Morgan fingerprint density at radius 2 is 2.26 bits per heavy atom. The number of rotatable bonds is 5. The predicted molar refractivity (Wildman–Crippen MR) is 69.4 cm³/mol. The van der Waals surface area contributed by atoms with E-state index in [9.17, 15) is 14.9 Å². The molecule has 0 unspecified atom stereocenters. The van der Waals surface area contributed by atoms with Gasteiger partial charge in [-0.05, 0) is 31.9 Å². The van der Waals surface area contributed by atoms with Gasteiger partial charge in [0.05, 0.1) is 4.92 Å². The fourth-order valence-corrected chi connectivity index (χ4v) is 1.69. The highest BCUT2D eigenvalue weighted by atomic mass is 35.5. The molecule has 1 N–H and O–H groups in total. The number of carbonyl (C=O) groups excluding carboxylic acids is 1. The van der Waals surface area contributed by atoms with Crippen molar-refractivity contribution in [1.29, 1.82) is 0 Å². The van der Waals surface area contributed by atoms with E-state index in [-0.39, 0.29) is 28.4 Å². The molecule has 1 aliphatic carbocycles. The van der Waals surface area contributed by atoms with E-state index in [0.29, 0.717) is 0 Å². The van der Waals surface area contributed by atoms with Gasteiger partial charge >= 0.3 is 5.69 Å². The SMILES string of the molecule is C[C@@H](Oc1ccc(Cl)cc1[N+](=O)[O-])C(=O)NC1CC1. The molecule has 1 aromatic carbocycles. The summed E-state index contributed by atoms with van der Waals surface area (Å²) in [6.45, 7) is 1.55. The van der Waals surface area contributed by atoms with Crippen molar-refractivity contribution >= 4 is 23.2 Å². The lowest BCUT2D eigenvalue weighted by atomic mass is 10.3. The molecule has 0 aliphatic heterocycles. The third-order valence-electron chi connectivity index (χ3n) is 2.71. The maximum atomic E-state index is 11.7. The fraction of sp³-hybridized carbons (Fsp3) is 0.417. The van der Waals surface area contributed by atoms with Gasteiger partial charge in [0, 0.05) is 17.1 Å². The second-order valence-corrected chi connectivity index (χ2v) is 4.85. The summed E-state index contributed by atoms with van der Waals surface area (Å²) in [6.07, 6.45) is 1.15. The first-order valence-corrected chi connectivity index (χ1v) is 6.26. The number of hydrogen-bond acceptors (Lipinski definition) is 4. The van der Waals surface area contributed by atoms with Gasteiger partial charge in [-0.25, -0.2) is 0 Å². The number of nitrogens with one attached hydrogen (secondary N) is 1. The van der Waals surface area contributed by atoms with E-state index in [1.54, 1.807) is 6.92 Å². The molecular weight excluding hydrogens is 272 g/mol. The summed E-state index contributed by atoms with van der Waals surface area (Å²) < 4.78 is 5.34. The van der Waals surface area contributed by atoms with Gasteiger partial charge in [0.1, 0.15) is 0 Å². The summed E-state index contributed by atoms with van der Waals surface area (Å²) in [5.41, 5.74) is -0.251. The molecule has 0 aromatic heterocycles. The second kappa shape index (κ2) is 5.44. The lowest BCUT2D eigenvalue weighted by molar-refractivity contribution is -0.386. The quantitative estimate of drug-likeness (QED) is 0.664. The van der Waals surface area contributed by atoms with Crippen LogP contribution in [0.5, 0.6) is 5.75 Å². The van der Waals surface area contributed by atoms with Crippen LogP contribution in [0.4, 0.5) is 5.69 Å². The van der Waals surface area contributed by atoms with E-state index in [1.165, 1.54) is 18.2 Å². The van der Waals surface area contributed by atoms with Crippen LogP contribution in [-0.4, -0.2) is 23.0 Å². The van der Waals surface area contributed by atoms with Crippen molar-refractivity contribution in [2.45, 2.75) is 31.9 Å². The number of benzene rings is 1. The third-order valence-corrected chi connectivity index (χ3v) is 2.95. The molecule has 6 nitrogen and oxygen atoms in total. The molecule has 19 heavy (non-hydrogen) atoms. The van der Waals surface area contributed by atoms with Gasteiger partial charge in [0.25, 0.3) is 5.91 Å². The molecule has 1 aromatic rings. The highest BCUT2D eigenvalue weighted by Gasteiger charge is 2.27. The van der Waals surface area contributed by atoms with Crippen molar-refractivity contribution in [1.82, 2.24) is 5.32 Å². The van der Waals surface area contributed by atoms with Gasteiger partial charge in [-0.15, -0.1) is 0 Å². The van der Waals surface area contributed by atoms with Crippen LogP contribution >= 0.6 is 11.6 Å². The first kappa shape index (κ1) is 13.6. The Morgan fingerprint density at radius 3 is 2.84 bits per heavy atom. The monoisotopic (exact) mass is 284 g/mol. The van der Waals surface area contributed by atoms with Crippen LogP contribution in [0.15, 0.2) is 18.2 Å². The lowest BCUT2D eigenvalue weighted by Crippen LogP contribution is -2.37. The molecule has 1 aliphatic rings. The first-order chi connectivity index (χ1) is 8.97. The normalized spacial score (nSPS) is 15.7. The van der Waals surface area contributed by atoms with E-state index < -0.39 is 11.0 Å². The van der Waals surface area contributed by atoms with Crippen molar-refractivity contribution in [2.75, 3.05) is 0 Å². The van der Waals surface area contributed by atoms with Crippen LogP contribution < -0.4 is 10.1 Å². The molecule has 102 valence electrons. The zero-order chi connectivity index (χ0) is 14.0. The number of nitrogens with zero attached hydrogens (tertiary/aromatic N) is 1. The molecule has 1 amide bonds. The Hall–Kier alpha value is -1.82. The van der Waals surface area contributed by atoms with Crippen molar-refractivity contribution in [3.63, 3.8) is 0 Å². The minimum atomic E-state index is -0.791. The van der Waals surface area contributed by atoms with Crippen LogP contribution in [0.3, 0.4) is 0 Å². The zero-order valence-corrected chi connectivity index (χ0v) is 11.0. The molecule has 1 fully saturated rings. The molecular formula is C12H13ClN2O4. The van der Waals surface area contributed by atoms with Crippen LogP contribution in [0, 0.1) is 10.1 Å². The fourth-order valence-electron chi connectivity index (χ4n) is 1.52. The minimum Gasteiger partial charge on any atom is -0.474 e. The minimum absolute atomic E-state index is 0.0350. The molecule has 0 heterocycles. The number of amides is 1. The number of hydrogen-bond donors (Lipinski definition) is 1. The van der Waals surface area contributed by atoms with E-state index in [2.05, 4.69) is 5.32 Å². The maximum absolute atomic E-state index is 11.7. The molecule has 2 rings (SSSR count). The summed E-state index contributed by atoms with van der Waals surface area (Å²) in [4.78, 5) is 22.0. The Labute approximate surface area is 114 Å². The van der Waals surface area contributed by atoms with Crippen LogP contribution in [0.1, 0.15) is 19.8 Å². The molecule has 7 heteroatoms. The Balaban J connectivity index is 2.08. The first-order valence-electron chi connectivity index (χ1n) is 5.88. The number of carbonyl (C=O) groups is 1. The van der Waals surface area contributed by atoms with Crippen molar-refractivity contribution < 1.29 is 14.5 Å². The van der Waals surface area contributed by atoms with Crippen molar-refractivity contribution in [2.24, 2.45) is 0 Å². The van der Waals surface area contributed by atoms with E-state index in [0.717, 1.165) is 12.8 Å². The summed E-state index contributed by atoms with van der Waals surface area (Å²) in [5.74, 6) is -0.236.